The topological polar surface area (TPSA) is 60.2 Å². The van der Waals surface area contributed by atoms with Crippen molar-refractivity contribution in [2.75, 3.05) is 0 Å². The number of carbonyl (C=O) groups is 2. The molecule has 0 bridgehead atoms. The quantitative estimate of drug-likeness (QED) is 0.343. The van der Waals surface area contributed by atoms with Gasteiger partial charge in [0, 0.05) is 27.6 Å². The van der Waals surface area contributed by atoms with E-state index < -0.39 is 23.2 Å². The van der Waals surface area contributed by atoms with E-state index in [-0.39, 0.29) is 16.7 Å². The maximum absolute atomic E-state index is 13.4. The van der Waals surface area contributed by atoms with E-state index in [1.165, 1.54) is 17.4 Å². The minimum atomic E-state index is -1.16. The number of fused-ring (bicyclic) bond motifs is 2. The van der Waals surface area contributed by atoms with Crippen LogP contribution in [0, 0.1) is 11.6 Å². The van der Waals surface area contributed by atoms with E-state index in [4.69, 9.17) is 4.42 Å². The van der Waals surface area contributed by atoms with Crippen molar-refractivity contribution in [3.05, 3.63) is 81.7 Å². The lowest BCUT2D eigenvalue weighted by molar-refractivity contribution is 0.0990. The van der Waals surface area contributed by atoms with Gasteiger partial charge < -0.3 is 4.42 Å². The van der Waals surface area contributed by atoms with E-state index in [9.17, 15) is 18.4 Å². The number of oxazole rings is 1. The molecule has 2 aromatic carbocycles. The average Bonchev–Trinajstić information content (AvgIpc) is 3.31. The number of rotatable bonds is 2. The zero-order valence-electron chi connectivity index (χ0n) is 14.0. The number of aromatic nitrogens is 1. The second-order valence-electron chi connectivity index (χ2n) is 6.23. The summed E-state index contributed by atoms with van der Waals surface area (Å²) in [5, 5.41) is 0. The molecule has 0 fully saturated rings. The fraction of sp³-hybridized carbons (Fsp3) is 0. The summed E-state index contributed by atoms with van der Waals surface area (Å²) in [6.45, 7) is 0. The second kappa shape index (κ2) is 6.03. The Morgan fingerprint density at radius 3 is 2.18 bits per heavy atom. The molecule has 0 aliphatic heterocycles. The van der Waals surface area contributed by atoms with Crippen molar-refractivity contribution in [1.29, 1.82) is 0 Å². The first-order chi connectivity index (χ1) is 13.5. The van der Waals surface area contributed by atoms with Crippen molar-refractivity contribution >= 4 is 39.4 Å². The van der Waals surface area contributed by atoms with Gasteiger partial charge in [0.15, 0.2) is 33.6 Å². The summed E-state index contributed by atoms with van der Waals surface area (Å²) in [7, 11) is 0. The summed E-state index contributed by atoms with van der Waals surface area (Å²) in [6.07, 6.45) is 1.41. The highest BCUT2D eigenvalue weighted by Crippen LogP contribution is 2.34. The highest BCUT2D eigenvalue weighted by Gasteiger charge is 2.34. The first kappa shape index (κ1) is 16.7. The number of hydrogen-bond acceptors (Lipinski definition) is 5. The third-order valence-corrected chi connectivity index (χ3v) is 5.41. The molecule has 0 N–H and O–H groups in total. The van der Waals surface area contributed by atoms with Gasteiger partial charge in [0.25, 0.3) is 0 Å². The monoisotopic (exact) mass is 393 g/mol. The zero-order valence-corrected chi connectivity index (χ0v) is 14.8. The van der Waals surface area contributed by atoms with Crippen LogP contribution in [-0.4, -0.2) is 16.6 Å². The van der Waals surface area contributed by atoms with Gasteiger partial charge in [0.05, 0.1) is 5.57 Å². The van der Waals surface area contributed by atoms with Gasteiger partial charge in [-0.2, -0.15) is 4.98 Å². The molecule has 0 unspecified atom stereocenters. The van der Waals surface area contributed by atoms with Crippen LogP contribution in [0.2, 0.25) is 0 Å². The van der Waals surface area contributed by atoms with E-state index >= 15 is 0 Å². The van der Waals surface area contributed by atoms with Gasteiger partial charge in [-0.3, -0.25) is 9.59 Å². The molecule has 0 spiro atoms. The molecule has 7 heteroatoms. The maximum atomic E-state index is 13.4. The molecular weight excluding hydrogens is 384 g/mol. The number of ketones is 2. The Labute approximate surface area is 160 Å². The molecule has 2 aromatic heterocycles. The van der Waals surface area contributed by atoms with Crippen LogP contribution in [0.25, 0.3) is 27.9 Å². The summed E-state index contributed by atoms with van der Waals surface area (Å²) < 4.78 is 32.6. The van der Waals surface area contributed by atoms with Crippen LogP contribution in [0.4, 0.5) is 8.78 Å². The number of halogens is 2. The largest absolute Gasteiger partial charge is 0.435 e. The number of Topliss-reactive ketones (excluding diaryl/α,β-unsaturated/α-hetero) is 2. The van der Waals surface area contributed by atoms with E-state index in [0.29, 0.717) is 21.2 Å². The summed E-state index contributed by atoms with van der Waals surface area (Å²) in [6, 6.07) is 12.6. The summed E-state index contributed by atoms with van der Waals surface area (Å²) in [5.74, 6) is -3.09. The zero-order chi connectivity index (χ0) is 19.4. The molecule has 1 aliphatic carbocycles. The predicted molar refractivity (Wildman–Crippen MR) is 100 cm³/mol. The Balaban J connectivity index is 1.53. The third kappa shape index (κ3) is 2.51. The van der Waals surface area contributed by atoms with E-state index in [1.54, 1.807) is 6.07 Å². The Hall–Kier alpha value is -3.45. The van der Waals surface area contributed by atoms with Crippen LogP contribution < -0.4 is 0 Å². The Morgan fingerprint density at radius 2 is 1.57 bits per heavy atom. The van der Waals surface area contributed by atoms with Crippen LogP contribution in [-0.2, 0) is 0 Å². The minimum absolute atomic E-state index is 0.125. The van der Waals surface area contributed by atoms with Gasteiger partial charge >= 0.3 is 0 Å². The summed E-state index contributed by atoms with van der Waals surface area (Å²) in [5.41, 5.74) is 0.988. The molecule has 1 aliphatic rings. The van der Waals surface area contributed by atoms with Gasteiger partial charge in [-0.15, -0.1) is 11.3 Å². The molecule has 0 radical (unpaired) electrons. The van der Waals surface area contributed by atoms with E-state index in [0.717, 1.165) is 17.7 Å². The average molecular weight is 393 g/mol. The lowest BCUT2D eigenvalue weighted by Gasteiger charge is -1.96. The molecule has 0 saturated carbocycles. The Kier molecular flexibility index (Phi) is 3.60. The van der Waals surface area contributed by atoms with Crippen LogP contribution in [0.15, 0.2) is 58.5 Å². The molecule has 28 heavy (non-hydrogen) atoms. The number of hydrogen-bond donors (Lipinski definition) is 0. The van der Waals surface area contributed by atoms with Gasteiger partial charge in [-0.1, -0.05) is 18.2 Å². The second-order valence-corrected chi connectivity index (χ2v) is 7.29. The number of allylic oxidation sites excluding steroid dienone is 1. The van der Waals surface area contributed by atoms with Crippen molar-refractivity contribution in [2.45, 2.75) is 0 Å². The Bertz CT molecular complexity index is 1240. The van der Waals surface area contributed by atoms with Crippen molar-refractivity contribution in [2.24, 2.45) is 0 Å². The van der Waals surface area contributed by atoms with Crippen LogP contribution in [0.5, 0.6) is 0 Å². The molecule has 0 saturated heterocycles. The van der Waals surface area contributed by atoms with Crippen LogP contribution in [0.3, 0.4) is 0 Å². The SMILES string of the molecule is O=C1C(=Cc2cc3oc(-c4ccccc4)nc3s2)C(=O)c2cc(F)c(F)cc21. The molecule has 2 heterocycles. The highest BCUT2D eigenvalue weighted by molar-refractivity contribution is 7.19. The third-order valence-electron chi connectivity index (χ3n) is 4.45. The fourth-order valence-electron chi connectivity index (χ4n) is 3.12. The normalized spacial score (nSPS) is 13.4. The lowest BCUT2D eigenvalue weighted by atomic mass is 10.1. The molecule has 4 nitrogen and oxygen atoms in total. The van der Waals surface area contributed by atoms with Crippen LogP contribution >= 0.6 is 11.3 Å². The van der Waals surface area contributed by atoms with Crippen molar-refractivity contribution < 1.29 is 22.8 Å². The van der Waals surface area contributed by atoms with Crippen molar-refractivity contribution in [1.82, 2.24) is 4.98 Å². The van der Waals surface area contributed by atoms with Gasteiger partial charge in [-0.05, 0) is 30.3 Å². The number of thiophene rings is 1. The number of nitrogens with zero attached hydrogens (tertiary/aromatic N) is 1. The molecule has 0 atom stereocenters. The Morgan fingerprint density at radius 1 is 0.929 bits per heavy atom. The molecule has 4 aromatic rings. The maximum Gasteiger partial charge on any atom is 0.228 e. The van der Waals surface area contributed by atoms with Gasteiger partial charge in [-0.25, -0.2) is 8.78 Å². The summed E-state index contributed by atoms with van der Waals surface area (Å²) >= 11 is 1.25. The lowest BCUT2D eigenvalue weighted by Crippen LogP contribution is -1.99. The number of benzene rings is 2. The highest BCUT2D eigenvalue weighted by atomic mass is 32.1. The molecule has 5 rings (SSSR count). The standard InChI is InChI=1S/C21H9F2NO3S/c22-15-8-12-13(9-16(15)23)19(26)14(18(12)25)6-11-7-17-21(28-11)24-20(27-17)10-4-2-1-3-5-10/h1-9H. The first-order valence-electron chi connectivity index (χ1n) is 8.27. The molecule has 0 amide bonds. The number of carbonyl (C=O) groups excluding carboxylic acids is 2. The smallest absolute Gasteiger partial charge is 0.228 e. The minimum Gasteiger partial charge on any atom is -0.435 e. The first-order valence-corrected chi connectivity index (χ1v) is 9.09. The molecule has 136 valence electrons. The van der Waals surface area contributed by atoms with Crippen molar-refractivity contribution in [3.63, 3.8) is 0 Å². The van der Waals surface area contributed by atoms with Gasteiger partial charge in [0.2, 0.25) is 5.89 Å². The fourth-order valence-corrected chi connectivity index (χ4v) is 4.01. The van der Waals surface area contributed by atoms with E-state index in [2.05, 4.69) is 4.98 Å². The van der Waals surface area contributed by atoms with Crippen LogP contribution in [0.1, 0.15) is 25.6 Å². The molecular formula is C21H9F2NO3S. The summed E-state index contributed by atoms with van der Waals surface area (Å²) in [4.78, 5) is 30.6. The van der Waals surface area contributed by atoms with Gasteiger partial charge in [0.1, 0.15) is 0 Å². The predicted octanol–water partition coefficient (Wildman–Crippen LogP) is 5.30. The van der Waals surface area contributed by atoms with E-state index in [1.807, 2.05) is 30.3 Å². The van der Waals surface area contributed by atoms with Crippen molar-refractivity contribution in [3.8, 4) is 11.5 Å².